The van der Waals surface area contributed by atoms with Crippen molar-refractivity contribution in [2.75, 3.05) is 57.5 Å². The Kier molecular flexibility index (Phi) is 13.6. The van der Waals surface area contributed by atoms with Crippen molar-refractivity contribution in [3.05, 3.63) is 42.1 Å². The second-order valence-electron chi connectivity index (χ2n) is 10.6. The molecule has 2 aromatic rings. The Labute approximate surface area is 259 Å². The van der Waals surface area contributed by atoms with Gasteiger partial charge in [0.1, 0.15) is 17.6 Å². The van der Waals surface area contributed by atoms with Crippen LogP contribution in [0, 0.1) is 0 Å². The molecule has 3 amide bonds. The van der Waals surface area contributed by atoms with E-state index in [2.05, 4.69) is 20.6 Å². The number of benzene rings is 1. The molecule has 1 aliphatic heterocycles. The lowest BCUT2D eigenvalue weighted by atomic mass is 10.2. The van der Waals surface area contributed by atoms with Crippen LogP contribution in [0.4, 0.5) is 10.6 Å². The monoisotopic (exact) mass is 632 g/mol. The largest absolute Gasteiger partial charge is 0.449 e. The van der Waals surface area contributed by atoms with E-state index in [-0.39, 0.29) is 57.3 Å². The molecule has 2 N–H and O–H groups in total. The number of anilines is 1. The molecular formula is C30H45N6O7P. The summed E-state index contributed by atoms with van der Waals surface area (Å²) in [5, 5.41) is 5.95. The lowest BCUT2D eigenvalue weighted by Crippen LogP contribution is -2.57. The lowest BCUT2D eigenvalue weighted by molar-refractivity contribution is -0.134. The van der Waals surface area contributed by atoms with Crippen LogP contribution < -0.4 is 10.6 Å². The molecule has 1 atom stereocenters. The Morgan fingerprint density at radius 1 is 0.955 bits per heavy atom. The van der Waals surface area contributed by atoms with Gasteiger partial charge in [0.2, 0.25) is 5.91 Å². The Hall–Kier alpha value is -3.54. The molecule has 0 saturated carbocycles. The summed E-state index contributed by atoms with van der Waals surface area (Å²) in [6, 6.07) is 9.53. The summed E-state index contributed by atoms with van der Waals surface area (Å²) in [5.41, 5.74) is 0.743. The average molecular weight is 633 g/mol. The highest BCUT2D eigenvalue weighted by Gasteiger charge is 2.37. The molecular weight excluding hydrogens is 587 g/mol. The molecule has 3 rings (SSSR count). The maximum absolute atomic E-state index is 13.8. The minimum atomic E-state index is -3.75. The summed E-state index contributed by atoms with van der Waals surface area (Å²) in [6.07, 6.45) is 0.899. The SMILES string of the molecule is CCCCOC(=O)N1CCN(C(=O)[C@H](CP(=O)(OCC)OCC)NC(=O)c2cc(NC(C)C)nc(-c3ccccc3)n2)CC1. The maximum Gasteiger partial charge on any atom is 0.409 e. The predicted molar refractivity (Wildman–Crippen MR) is 168 cm³/mol. The first-order valence-corrected chi connectivity index (χ1v) is 16.9. The number of unbranched alkanes of at least 4 members (excludes halogenated alkanes) is 1. The Morgan fingerprint density at radius 3 is 2.18 bits per heavy atom. The second kappa shape index (κ2) is 17.1. The number of carbonyl (C=O) groups excluding carboxylic acids is 3. The highest BCUT2D eigenvalue weighted by atomic mass is 31.2. The van der Waals surface area contributed by atoms with Gasteiger partial charge < -0.3 is 34.2 Å². The molecule has 0 aliphatic carbocycles. The van der Waals surface area contributed by atoms with E-state index in [1.165, 1.54) is 11.0 Å². The summed E-state index contributed by atoms with van der Waals surface area (Å²) >= 11 is 0. The Morgan fingerprint density at radius 2 is 1.59 bits per heavy atom. The number of aromatic nitrogens is 2. The van der Waals surface area contributed by atoms with Crippen LogP contribution in [0.1, 0.15) is 57.9 Å². The molecule has 13 nitrogen and oxygen atoms in total. The van der Waals surface area contributed by atoms with Crippen LogP contribution in [0.5, 0.6) is 0 Å². The van der Waals surface area contributed by atoms with Gasteiger partial charge in [-0.2, -0.15) is 0 Å². The van der Waals surface area contributed by atoms with Crippen molar-refractivity contribution < 1.29 is 32.7 Å². The summed E-state index contributed by atoms with van der Waals surface area (Å²) in [5.74, 6) is -0.332. The van der Waals surface area contributed by atoms with Gasteiger partial charge in [-0.15, -0.1) is 0 Å². The van der Waals surface area contributed by atoms with Crippen LogP contribution in [0.25, 0.3) is 11.4 Å². The van der Waals surface area contributed by atoms with Crippen molar-refractivity contribution in [2.45, 2.75) is 59.5 Å². The quantitative estimate of drug-likeness (QED) is 0.213. The number of amides is 3. The zero-order valence-electron chi connectivity index (χ0n) is 26.3. The zero-order valence-corrected chi connectivity index (χ0v) is 27.2. The molecule has 1 aromatic carbocycles. The molecule has 44 heavy (non-hydrogen) atoms. The number of hydrogen-bond acceptors (Lipinski definition) is 10. The summed E-state index contributed by atoms with van der Waals surface area (Å²) in [7, 11) is -3.75. The minimum Gasteiger partial charge on any atom is -0.449 e. The third-order valence-electron chi connectivity index (χ3n) is 6.66. The Balaban J connectivity index is 1.85. The van der Waals surface area contributed by atoms with Gasteiger partial charge in [-0.3, -0.25) is 14.2 Å². The van der Waals surface area contributed by atoms with E-state index in [9.17, 15) is 18.9 Å². The number of ether oxygens (including phenoxy) is 1. The first-order valence-electron chi connectivity index (χ1n) is 15.2. The van der Waals surface area contributed by atoms with Gasteiger partial charge in [-0.25, -0.2) is 14.8 Å². The molecule has 1 saturated heterocycles. The van der Waals surface area contributed by atoms with Crippen molar-refractivity contribution in [3.63, 3.8) is 0 Å². The molecule has 1 fully saturated rings. The normalized spacial score (nSPS) is 14.3. The highest BCUT2D eigenvalue weighted by molar-refractivity contribution is 7.54. The standard InChI is InChI=1S/C30H45N6O7P/c1-6-9-19-41-30(39)36-17-15-35(16-18-36)29(38)25(21-44(40,42-7-2)43-8-3)33-28(37)24-20-26(31-22(4)5)34-27(32-24)23-13-11-10-12-14-23/h10-14,20,22,25H,6-9,15-19,21H2,1-5H3,(H,33,37)(H,31,32,34)/t25-/m0/s1. The van der Waals surface area contributed by atoms with Crippen LogP contribution in [0.2, 0.25) is 0 Å². The van der Waals surface area contributed by atoms with Gasteiger partial charge in [-0.05, 0) is 34.1 Å². The minimum absolute atomic E-state index is 0.0297. The molecule has 242 valence electrons. The first-order chi connectivity index (χ1) is 21.1. The van der Waals surface area contributed by atoms with Gasteiger partial charge >= 0.3 is 13.7 Å². The van der Waals surface area contributed by atoms with Crippen molar-refractivity contribution >= 4 is 31.3 Å². The number of nitrogens with zero attached hydrogens (tertiary/aromatic N) is 4. The molecule has 14 heteroatoms. The van der Waals surface area contributed by atoms with E-state index in [1.54, 1.807) is 18.7 Å². The molecule has 1 aliphatic rings. The van der Waals surface area contributed by atoms with E-state index in [0.29, 0.717) is 23.8 Å². The zero-order chi connectivity index (χ0) is 32.1. The molecule has 2 heterocycles. The number of carbonyl (C=O) groups is 3. The molecule has 0 unspecified atom stereocenters. The van der Waals surface area contributed by atoms with E-state index in [4.69, 9.17) is 13.8 Å². The number of nitrogens with one attached hydrogen (secondary N) is 2. The van der Waals surface area contributed by atoms with E-state index < -0.39 is 31.5 Å². The average Bonchev–Trinajstić information content (AvgIpc) is 3.00. The first kappa shape index (κ1) is 34.9. The second-order valence-corrected chi connectivity index (χ2v) is 12.7. The fourth-order valence-corrected chi connectivity index (χ4v) is 6.32. The number of hydrogen-bond donors (Lipinski definition) is 2. The van der Waals surface area contributed by atoms with Gasteiger partial charge in [0.25, 0.3) is 5.91 Å². The molecule has 1 aromatic heterocycles. The predicted octanol–water partition coefficient (Wildman–Crippen LogP) is 4.41. The van der Waals surface area contributed by atoms with Gasteiger partial charge in [0.05, 0.1) is 26.0 Å². The van der Waals surface area contributed by atoms with Crippen molar-refractivity contribution in [1.29, 1.82) is 0 Å². The van der Waals surface area contributed by atoms with Crippen LogP contribution in [0.3, 0.4) is 0 Å². The molecule has 0 bridgehead atoms. The van der Waals surface area contributed by atoms with Crippen molar-refractivity contribution in [2.24, 2.45) is 0 Å². The lowest BCUT2D eigenvalue weighted by Gasteiger charge is -2.36. The smallest absolute Gasteiger partial charge is 0.409 e. The van der Waals surface area contributed by atoms with Crippen LogP contribution in [-0.2, 0) is 23.1 Å². The fourth-order valence-electron chi connectivity index (χ4n) is 4.55. The van der Waals surface area contributed by atoms with Gasteiger partial charge in [0.15, 0.2) is 5.82 Å². The van der Waals surface area contributed by atoms with Gasteiger partial charge in [0, 0.05) is 43.9 Å². The number of piperazine rings is 1. The van der Waals surface area contributed by atoms with Crippen LogP contribution in [-0.4, -0.2) is 102 Å². The summed E-state index contributed by atoms with van der Waals surface area (Å²) in [4.78, 5) is 52.1. The van der Waals surface area contributed by atoms with Crippen molar-refractivity contribution in [1.82, 2.24) is 25.1 Å². The van der Waals surface area contributed by atoms with Crippen molar-refractivity contribution in [3.8, 4) is 11.4 Å². The summed E-state index contributed by atoms with van der Waals surface area (Å²) in [6.45, 7) is 10.8. The van der Waals surface area contributed by atoms with Crippen LogP contribution in [0.15, 0.2) is 36.4 Å². The third kappa shape index (κ3) is 10.3. The van der Waals surface area contributed by atoms with E-state index in [0.717, 1.165) is 12.8 Å². The highest BCUT2D eigenvalue weighted by Crippen LogP contribution is 2.48. The Bertz CT molecular complexity index is 1280. The third-order valence-corrected chi connectivity index (χ3v) is 8.78. The van der Waals surface area contributed by atoms with E-state index in [1.807, 2.05) is 51.1 Å². The van der Waals surface area contributed by atoms with Gasteiger partial charge in [-0.1, -0.05) is 43.7 Å². The van der Waals surface area contributed by atoms with Crippen LogP contribution >= 0.6 is 7.60 Å². The number of rotatable bonds is 15. The molecule has 0 spiro atoms. The topological polar surface area (TPSA) is 152 Å². The fraction of sp³-hybridized carbons (Fsp3) is 0.567. The molecule has 0 radical (unpaired) electrons. The maximum atomic E-state index is 13.8. The van der Waals surface area contributed by atoms with E-state index >= 15 is 0 Å². The summed E-state index contributed by atoms with van der Waals surface area (Å²) < 4.78 is 29.8.